The number of halogens is 1. The molecule has 5 nitrogen and oxygen atoms in total. The Kier molecular flexibility index (Phi) is 6.82. The van der Waals surface area contributed by atoms with Gasteiger partial charge in [-0.15, -0.1) is 11.3 Å². The van der Waals surface area contributed by atoms with Gasteiger partial charge in [0.15, 0.2) is 4.77 Å². The minimum absolute atomic E-state index is 0.0233. The number of rotatable bonds is 8. The van der Waals surface area contributed by atoms with E-state index in [1.807, 2.05) is 35.7 Å². The zero-order chi connectivity index (χ0) is 19.2. The summed E-state index contributed by atoms with van der Waals surface area (Å²) in [4.78, 5) is 27.5. The van der Waals surface area contributed by atoms with Gasteiger partial charge in [-0.2, -0.15) is 0 Å². The summed E-state index contributed by atoms with van der Waals surface area (Å²) in [7, 11) is 0. The summed E-state index contributed by atoms with van der Waals surface area (Å²) in [5, 5.41) is 5.50. The molecule has 0 aliphatic heterocycles. The number of nitrogens with one attached hydrogen (secondary N) is 2. The molecule has 0 aliphatic rings. The number of amides is 1. The van der Waals surface area contributed by atoms with E-state index in [1.165, 1.54) is 11.3 Å². The highest BCUT2D eigenvalue weighted by atomic mass is 35.5. The van der Waals surface area contributed by atoms with Gasteiger partial charge in [-0.1, -0.05) is 23.7 Å². The highest BCUT2D eigenvalue weighted by Crippen LogP contribution is 2.14. The van der Waals surface area contributed by atoms with Crippen LogP contribution in [0.25, 0.3) is 10.2 Å². The third-order valence-corrected chi connectivity index (χ3v) is 5.75. The van der Waals surface area contributed by atoms with E-state index < -0.39 is 0 Å². The number of benzene rings is 1. The topological polar surface area (TPSA) is 66.9 Å². The maximum atomic E-state index is 12.4. The Balaban J connectivity index is 1.41. The quantitative estimate of drug-likeness (QED) is 0.421. The van der Waals surface area contributed by atoms with Gasteiger partial charge in [-0.3, -0.25) is 14.2 Å². The number of hydrogen-bond acceptors (Lipinski definition) is 4. The summed E-state index contributed by atoms with van der Waals surface area (Å²) in [6.07, 6.45) is 2.64. The van der Waals surface area contributed by atoms with Crippen LogP contribution in [0, 0.1) is 4.77 Å². The molecule has 2 N–H and O–H groups in total. The van der Waals surface area contributed by atoms with Crippen LogP contribution >= 0.6 is 35.2 Å². The Labute approximate surface area is 171 Å². The lowest BCUT2D eigenvalue weighted by atomic mass is 10.1. The highest BCUT2D eigenvalue weighted by molar-refractivity contribution is 7.71. The molecule has 0 spiro atoms. The van der Waals surface area contributed by atoms with Crippen LogP contribution in [-0.2, 0) is 17.8 Å². The van der Waals surface area contributed by atoms with Crippen molar-refractivity contribution >= 4 is 51.3 Å². The lowest BCUT2D eigenvalue weighted by molar-refractivity contribution is -0.121. The van der Waals surface area contributed by atoms with Crippen LogP contribution in [0.5, 0.6) is 0 Å². The molecule has 3 aromatic rings. The number of H-pyrrole nitrogens is 1. The summed E-state index contributed by atoms with van der Waals surface area (Å²) in [6.45, 7) is 1.11. The largest absolute Gasteiger partial charge is 0.356 e. The second-order valence-electron chi connectivity index (χ2n) is 6.23. The van der Waals surface area contributed by atoms with Crippen molar-refractivity contribution in [1.82, 2.24) is 14.9 Å². The number of nitrogens with zero attached hydrogens (tertiary/aromatic N) is 1. The van der Waals surface area contributed by atoms with E-state index in [4.69, 9.17) is 23.8 Å². The van der Waals surface area contributed by atoms with E-state index in [9.17, 15) is 9.59 Å². The first-order valence-corrected chi connectivity index (χ1v) is 10.4. The molecule has 2 heterocycles. The zero-order valence-corrected chi connectivity index (χ0v) is 17.1. The minimum atomic E-state index is -0.0591. The van der Waals surface area contributed by atoms with Crippen LogP contribution in [0.4, 0.5) is 0 Å². The number of carbonyl (C=O) groups excluding carboxylic acids is 1. The highest BCUT2D eigenvalue weighted by Gasteiger charge is 2.07. The molecule has 0 atom stereocenters. The molecular weight excluding hydrogens is 402 g/mol. The normalized spacial score (nSPS) is 11.0. The Morgan fingerprint density at radius 3 is 2.78 bits per heavy atom. The molecule has 1 amide bonds. The molecule has 1 aromatic carbocycles. The standard InChI is InChI=1S/C19H20ClN3O2S2/c20-14-6-4-13(5-7-14)8-10-21-16(24)3-1-2-11-23-18(25)17-15(9-12-27-17)22-19(23)26/h4-7,9,12H,1-3,8,10-11H2,(H,21,24)(H,22,26). The van der Waals surface area contributed by atoms with Gasteiger partial charge in [0.05, 0.1) is 5.52 Å². The number of fused-ring (bicyclic) bond motifs is 1. The molecule has 0 saturated carbocycles. The third kappa shape index (κ3) is 5.28. The van der Waals surface area contributed by atoms with Crippen molar-refractivity contribution in [3.8, 4) is 0 Å². The summed E-state index contributed by atoms with van der Waals surface area (Å²) in [5.74, 6) is 0.0233. The number of unbranched alkanes of at least 4 members (excludes halogenated alkanes) is 1. The monoisotopic (exact) mass is 421 g/mol. The van der Waals surface area contributed by atoms with Crippen LogP contribution in [0.3, 0.4) is 0 Å². The fourth-order valence-electron chi connectivity index (χ4n) is 2.82. The summed E-state index contributed by atoms with van der Waals surface area (Å²) >= 11 is 12.5. The third-order valence-electron chi connectivity index (χ3n) is 4.28. The Bertz CT molecular complexity index is 1040. The lowest BCUT2D eigenvalue weighted by Crippen LogP contribution is -2.25. The molecule has 2 aromatic heterocycles. The molecule has 0 radical (unpaired) electrons. The summed E-state index contributed by atoms with van der Waals surface area (Å²) in [5.41, 5.74) is 1.86. The van der Waals surface area contributed by atoms with Gasteiger partial charge in [0, 0.05) is 24.5 Å². The van der Waals surface area contributed by atoms with Crippen molar-refractivity contribution in [2.24, 2.45) is 0 Å². The van der Waals surface area contributed by atoms with Gasteiger partial charge < -0.3 is 10.3 Å². The van der Waals surface area contributed by atoms with E-state index in [2.05, 4.69) is 10.3 Å². The second kappa shape index (κ2) is 9.30. The fourth-order valence-corrected chi connectivity index (χ4v) is 4.02. The fraction of sp³-hybridized carbons (Fsp3) is 0.316. The number of carbonyl (C=O) groups is 1. The van der Waals surface area contributed by atoms with Gasteiger partial charge in [0.25, 0.3) is 5.56 Å². The Hall–Kier alpha value is -1.96. The molecule has 8 heteroatoms. The average Bonchev–Trinajstić information content (AvgIpc) is 3.11. The SMILES string of the molecule is O=C(CCCCn1c(=S)[nH]c2ccsc2c1=O)NCCc1ccc(Cl)cc1. The summed E-state index contributed by atoms with van der Waals surface area (Å²) < 4.78 is 2.69. The van der Waals surface area contributed by atoms with E-state index in [0.717, 1.165) is 23.9 Å². The van der Waals surface area contributed by atoms with Gasteiger partial charge >= 0.3 is 0 Å². The minimum Gasteiger partial charge on any atom is -0.356 e. The number of hydrogen-bond donors (Lipinski definition) is 2. The van der Waals surface area contributed by atoms with E-state index in [0.29, 0.717) is 40.4 Å². The molecule has 142 valence electrons. The van der Waals surface area contributed by atoms with Crippen molar-refractivity contribution < 1.29 is 4.79 Å². The smallest absolute Gasteiger partial charge is 0.272 e. The maximum Gasteiger partial charge on any atom is 0.272 e. The molecule has 3 rings (SSSR count). The van der Waals surface area contributed by atoms with Gasteiger partial charge in [0.2, 0.25) is 5.91 Å². The predicted octanol–water partition coefficient (Wildman–Crippen LogP) is 4.30. The van der Waals surface area contributed by atoms with Crippen LogP contribution in [0.15, 0.2) is 40.5 Å². The maximum absolute atomic E-state index is 12.4. The van der Waals surface area contributed by atoms with Crippen molar-refractivity contribution in [1.29, 1.82) is 0 Å². The first-order valence-electron chi connectivity index (χ1n) is 8.76. The van der Waals surface area contributed by atoms with Crippen LogP contribution in [0.1, 0.15) is 24.8 Å². The van der Waals surface area contributed by atoms with Crippen LogP contribution < -0.4 is 10.9 Å². The van der Waals surface area contributed by atoms with E-state index in [1.54, 1.807) is 4.57 Å². The number of thiophene rings is 1. The van der Waals surface area contributed by atoms with Crippen LogP contribution in [-0.4, -0.2) is 22.0 Å². The number of aromatic nitrogens is 2. The van der Waals surface area contributed by atoms with Gasteiger partial charge in [-0.25, -0.2) is 0 Å². The molecular formula is C19H20ClN3O2S2. The second-order valence-corrected chi connectivity index (χ2v) is 7.97. The van der Waals surface area contributed by atoms with Crippen molar-refractivity contribution in [2.75, 3.05) is 6.54 Å². The predicted molar refractivity (Wildman–Crippen MR) is 113 cm³/mol. The lowest BCUT2D eigenvalue weighted by Gasteiger charge is -2.07. The Morgan fingerprint density at radius 2 is 2.00 bits per heavy atom. The average molecular weight is 422 g/mol. The summed E-state index contributed by atoms with van der Waals surface area (Å²) in [6, 6.07) is 9.47. The number of aromatic amines is 1. The molecule has 0 fully saturated rings. The molecule has 27 heavy (non-hydrogen) atoms. The van der Waals surface area contributed by atoms with Crippen molar-refractivity contribution in [2.45, 2.75) is 32.2 Å². The van der Waals surface area contributed by atoms with Gasteiger partial charge in [0.1, 0.15) is 4.70 Å². The van der Waals surface area contributed by atoms with E-state index in [-0.39, 0.29) is 11.5 Å². The van der Waals surface area contributed by atoms with E-state index >= 15 is 0 Å². The van der Waals surface area contributed by atoms with Crippen LogP contribution in [0.2, 0.25) is 5.02 Å². The first-order chi connectivity index (χ1) is 13.0. The molecule has 0 aliphatic carbocycles. The van der Waals surface area contributed by atoms with Gasteiger partial charge in [-0.05, 0) is 60.6 Å². The van der Waals surface area contributed by atoms with Crippen molar-refractivity contribution in [3.05, 3.63) is 61.4 Å². The van der Waals surface area contributed by atoms with Crippen molar-refractivity contribution in [3.63, 3.8) is 0 Å². The first kappa shape index (κ1) is 19.8. The molecule has 0 saturated heterocycles. The molecule has 0 unspecified atom stereocenters. The Morgan fingerprint density at radius 1 is 1.22 bits per heavy atom. The molecule has 0 bridgehead atoms. The zero-order valence-electron chi connectivity index (χ0n) is 14.7.